The van der Waals surface area contributed by atoms with Crippen molar-refractivity contribution in [2.24, 2.45) is 0 Å². The summed E-state index contributed by atoms with van der Waals surface area (Å²) in [6.07, 6.45) is 0. The Kier molecular flexibility index (Phi) is 3.89. The predicted molar refractivity (Wildman–Crippen MR) is 72.8 cm³/mol. The molecule has 18 heavy (non-hydrogen) atoms. The van der Waals surface area contributed by atoms with Gasteiger partial charge in [0, 0.05) is 15.5 Å². The van der Waals surface area contributed by atoms with Gasteiger partial charge in [0.15, 0.2) is 0 Å². The van der Waals surface area contributed by atoms with Crippen LogP contribution in [-0.4, -0.2) is 13.1 Å². The number of carbonyl (C=O) groups excluding carboxylic acids is 1. The third-order valence-electron chi connectivity index (χ3n) is 2.39. The largest absolute Gasteiger partial charge is 0.465 e. The number of esters is 1. The Labute approximate surface area is 110 Å². The highest BCUT2D eigenvalue weighted by atomic mass is 32.2. The maximum Gasteiger partial charge on any atom is 0.337 e. The summed E-state index contributed by atoms with van der Waals surface area (Å²) in [5.41, 5.74) is 6.93. The van der Waals surface area contributed by atoms with Crippen molar-refractivity contribution in [3.8, 4) is 0 Å². The van der Waals surface area contributed by atoms with Crippen molar-refractivity contribution in [1.29, 1.82) is 0 Å². The van der Waals surface area contributed by atoms with Gasteiger partial charge in [0.25, 0.3) is 0 Å². The monoisotopic (exact) mass is 259 g/mol. The van der Waals surface area contributed by atoms with Crippen LogP contribution in [0, 0.1) is 0 Å². The highest BCUT2D eigenvalue weighted by Crippen LogP contribution is 2.28. The molecule has 3 nitrogen and oxygen atoms in total. The smallest absolute Gasteiger partial charge is 0.337 e. The molecule has 2 aromatic carbocycles. The fraction of sp³-hybridized carbons (Fsp3) is 0.0714. The molecule has 92 valence electrons. The van der Waals surface area contributed by atoms with Crippen molar-refractivity contribution in [3.05, 3.63) is 54.1 Å². The number of anilines is 1. The first-order valence-electron chi connectivity index (χ1n) is 5.41. The Balaban J connectivity index is 2.10. The van der Waals surface area contributed by atoms with E-state index in [4.69, 9.17) is 5.73 Å². The van der Waals surface area contributed by atoms with E-state index >= 15 is 0 Å². The highest BCUT2D eigenvalue weighted by Gasteiger charge is 2.04. The molecule has 0 aliphatic rings. The zero-order chi connectivity index (χ0) is 13.0. The van der Waals surface area contributed by atoms with Crippen molar-refractivity contribution in [2.75, 3.05) is 12.8 Å². The lowest BCUT2D eigenvalue weighted by Crippen LogP contribution is -2.00. The van der Waals surface area contributed by atoms with Crippen LogP contribution in [0.1, 0.15) is 10.4 Å². The summed E-state index contributed by atoms with van der Waals surface area (Å²) in [5.74, 6) is -0.320. The number of ether oxygens (including phenoxy) is 1. The second-order valence-corrected chi connectivity index (χ2v) is 4.83. The Morgan fingerprint density at radius 2 is 1.50 bits per heavy atom. The molecule has 0 amide bonds. The molecule has 4 heteroatoms. The summed E-state index contributed by atoms with van der Waals surface area (Å²) in [4.78, 5) is 13.4. The van der Waals surface area contributed by atoms with Gasteiger partial charge in [-0.15, -0.1) is 0 Å². The minimum atomic E-state index is -0.320. The van der Waals surface area contributed by atoms with Crippen molar-refractivity contribution in [2.45, 2.75) is 9.79 Å². The number of nitrogens with two attached hydrogens (primary N) is 1. The molecule has 2 aromatic rings. The highest BCUT2D eigenvalue weighted by molar-refractivity contribution is 7.99. The minimum Gasteiger partial charge on any atom is -0.465 e. The SMILES string of the molecule is COC(=O)c1ccc(Sc2ccc(N)cc2)cc1. The van der Waals surface area contributed by atoms with E-state index in [-0.39, 0.29) is 5.97 Å². The summed E-state index contributed by atoms with van der Waals surface area (Å²) in [6.45, 7) is 0. The summed E-state index contributed by atoms with van der Waals surface area (Å²) >= 11 is 1.62. The van der Waals surface area contributed by atoms with Crippen LogP contribution in [-0.2, 0) is 4.74 Å². The van der Waals surface area contributed by atoms with E-state index in [1.54, 1.807) is 23.9 Å². The third-order valence-corrected chi connectivity index (χ3v) is 3.41. The lowest BCUT2D eigenvalue weighted by atomic mass is 10.2. The molecule has 0 fully saturated rings. The number of nitrogen functional groups attached to an aromatic ring is 1. The molecule has 0 atom stereocenters. The zero-order valence-electron chi connectivity index (χ0n) is 9.92. The molecule has 0 saturated carbocycles. The quantitative estimate of drug-likeness (QED) is 0.679. The first kappa shape index (κ1) is 12.5. The summed E-state index contributed by atoms with van der Waals surface area (Å²) in [7, 11) is 1.37. The fourth-order valence-electron chi connectivity index (χ4n) is 1.45. The number of rotatable bonds is 3. The second kappa shape index (κ2) is 5.60. The van der Waals surface area contributed by atoms with Gasteiger partial charge in [-0.1, -0.05) is 11.8 Å². The van der Waals surface area contributed by atoms with Gasteiger partial charge in [-0.3, -0.25) is 0 Å². The molecule has 0 spiro atoms. The van der Waals surface area contributed by atoms with E-state index in [2.05, 4.69) is 4.74 Å². The minimum absolute atomic E-state index is 0.320. The molecule has 0 saturated heterocycles. The van der Waals surface area contributed by atoms with E-state index in [9.17, 15) is 4.79 Å². The summed E-state index contributed by atoms with van der Waals surface area (Å²) in [6, 6.07) is 15.0. The van der Waals surface area contributed by atoms with Gasteiger partial charge in [0.05, 0.1) is 12.7 Å². The Bertz CT molecular complexity index is 535. The molecule has 0 unspecified atom stereocenters. The van der Waals surface area contributed by atoms with Gasteiger partial charge in [-0.2, -0.15) is 0 Å². The zero-order valence-corrected chi connectivity index (χ0v) is 10.7. The van der Waals surface area contributed by atoms with Crippen LogP contribution in [0.4, 0.5) is 5.69 Å². The van der Waals surface area contributed by atoms with Crippen LogP contribution in [0.2, 0.25) is 0 Å². The van der Waals surface area contributed by atoms with E-state index in [0.29, 0.717) is 5.56 Å². The number of methoxy groups -OCH3 is 1. The first-order valence-corrected chi connectivity index (χ1v) is 6.22. The van der Waals surface area contributed by atoms with Crippen molar-refractivity contribution < 1.29 is 9.53 Å². The molecular formula is C14H13NO2S. The van der Waals surface area contributed by atoms with Crippen LogP contribution in [0.3, 0.4) is 0 Å². The van der Waals surface area contributed by atoms with Gasteiger partial charge in [0.2, 0.25) is 0 Å². The van der Waals surface area contributed by atoms with E-state index in [1.807, 2.05) is 36.4 Å². The number of benzene rings is 2. The fourth-order valence-corrected chi connectivity index (χ4v) is 2.27. The van der Waals surface area contributed by atoms with Crippen LogP contribution in [0.25, 0.3) is 0 Å². The van der Waals surface area contributed by atoms with Crippen molar-refractivity contribution in [1.82, 2.24) is 0 Å². The Hall–Kier alpha value is -1.94. The maximum absolute atomic E-state index is 11.3. The first-order chi connectivity index (χ1) is 8.69. The molecule has 0 aromatic heterocycles. The summed E-state index contributed by atoms with van der Waals surface area (Å²) < 4.78 is 4.65. The predicted octanol–water partition coefficient (Wildman–Crippen LogP) is 3.21. The van der Waals surface area contributed by atoms with Crippen LogP contribution in [0.15, 0.2) is 58.3 Å². The lowest BCUT2D eigenvalue weighted by Gasteiger charge is -2.03. The lowest BCUT2D eigenvalue weighted by molar-refractivity contribution is 0.0600. The topological polar surface area (TPSA) is 52.3 Å². The molecule has 0 aliphatic carbocycles. The van der Waals surface area contributed by atoms with Crippen LogP contribution < -0.4 is 5.73 Å². The van der Waals surface area contributed by atoms with Crippen molar-refractivity contribution in [3.63, 3.8) is 0 Å². The number of hydrogen-bond donors (Lipinski definition) is 1. The molecule has 0 bridgehead atoms. The van der Waals surface area contributed by atoms with E-state index in [1.165, 1.54) is 7.11 Å². The van der Waals surface area contributed by atoms with E-state index in [0.717, 1.165) is 15.5 Å². The van der Waals surface area contributed by atoms with Crippen molar-refractivity contribution >= 4 is 23.4 Å². The van der Waals surface area contributed by atoms with Crippen LogP contribution in [0.5, 0.6) is 0 Å². The molecule has 0 aliphatic heterocycles. The standard InChI is InChI=1S/C14H13NO2S/c1-17-14(16)10-2-6-12(7-3-10)18-13-8-4-11(15)5-9-13/h2-9H,15H2,1H3. The van der Waals surface area contributed by atoms with Gasteiger partial charge >= 0.3 is 5.97 Å². The molecule has 2 N–H and O–H groups in total. The average molecular weight is 259 g/mol. The number of carbonyl (C=O) groups is 1. The van der Waals surface area contributed by atoms with Crippen LogP contribution >= 0.6 is 11.8 Å². The molecule has 0 radical (unpaired) electrons. The van der Waals surface area contributed by atoms with E-state index < -0.39 is 0 Å². The average Bonchev–Trinajstić information content (AvgIpc) is 2.41. The third kappa shape index (κ3) is 3.05. The molecule has 0 heterocycles. The normalized spacial score (nSPS) is 10.1. The Morgan fingerprint density at radius 3 is 2.00 bits per heavy atom. The second-order valence-electron chi connectivity index (χ2n) is 3.69. The summed E-state index contributed by atoms with van der Waals surface area (Å²) in [5, 5.41) is 0. The maximum atomic E-state index is 11.3. The van der Waals surface area contributed by atoms with Gasteiger partial charge in [-0.05, 0) is 48.5 Å². The van der Waals surface area contributed by atoms with Gasteiger partial charge in [0.1, 0.15) is 0 Å². The van der Waals surface area contributed by atoms with Gasteiger partial charge in [-0.25, -0.2) is 4.79 Å². The number of hydrogen-bond acceptors (Lipinski definition) is 4. The molecular weight excluding hydrogens is 246 g/mol. The molecule has 2 rings (SSSR count). The van der Waals surface area contributed by atoms with Gasteiger partial charge < -0.3 is 10.5 Å². The Morgan fingerprint density at radius 1 is 1.00 bits per heavy atom.